The van der Waals surface area contributed by atoms with Crippen LogP contribution in [0, 0.1) is 10.1 Å². The zero-order chi connectivity index (χ0) is 14.7. The maximum Gasteiger partial charge on any atom is 0.287 e. The van der Waals surface area contributed by atoms with Gasteiger partial charge in [0.1, 0.15) is 5.69 Å². The molecule has 0 saturated carbocycles. The third-order valence-electron chi connectivity index (χ3n) is 3.58. The number of rotatable bonds is 6. The number of carbonyl (C=O) groups is 1. The molecule has 7 heteroatoms. The summed E-state index contributed by atoms with van der Waals surface area (Å²) < 4.78 is 1.65. The number of nitro groups is 1. The first kappa shape index (κ1) is 14.5. The second-order valence-corrected chi connectivity index (χ2v) is 4.94. The molecular weight excluding hydrogens is 260 g/mol. The molecule has 20 heavy (non-hydrogen) atoms. The molecule has 1 aliphatic heterocycles. The maximum absolute atomic E-state index is 12.6. The molecule has 0 atom stereocenters. The van der Waals surface area contributed by atoms with E-state index >= 15 is 0 Å². The SMILES string of the molecule is CCCN(C(=O)c1cc([N+](=O)[O-])cn1CC)C1CNC1. The van der Waals surface area contributed by atoms with E-state index in [1.165, 1.54) is 12.3 Å². The van der Waals surface area contributed by atoms with Gasteiger partial charge in [0.05, 0.1) is 17.2 Å². The number of nitrogens with one attached hydrogen (secondary N) is 1. The standard InChI is InChI=1S/C13H20N4O3/c1-3-5-16(11-7-14-8-11)13(18)12-6-10(17(19)20)9-15(12)4-2/h6,9,11,14H,3-5,7-8H2,1-2H3. The number of aromatic nitrogens is 1. The van der Waals surface area contributed by atoms with Crippen LogP contribution >= 0.6 is 0 Å². The van der Waals surface area contributed by atoms with Crippen molar-refractivity contribution in [3.05, 3.63) is 28.1 Å². The normalized spacial score (nSPS) is 14.9. The van der Waals surface area contributed by atoms with Gasteiger partial charge in [-0.25, -0.2) is 0 Å². The summed E-state index contributed by atoms with van der Waals surface area (Å²) in [4.78, 5) is 24.9. The highest BCUT2D eigenvalue weighted by Gasteiger charge is 2.31. The van der Waals surface area contributed by atoms with E-state index in [1.807, 2.05) is 18.7 Å². The molecule has 1 amide bonds. The predicted octanol–water partition coefficient (Wildman–Crippen LogP) is 1.24. The Labute approximate surface area is 117 Å². The second kappa shape index (κ2) is 6.04. The van der Waals surface area contributed by atoms with Crippen LogP contribution in [0.25, 0.3) is 0 Å². The third-order valence-corrected chi connectivity index (χ3v) is 3.58. The molecule has 1 N–H and O–H groups in total. The minimum atomic E-state index is -0.460. The van der Waals surface area contributed by atoms with Crippen molar-refractivity contribution >= 4 is 11.6 Å². The molecule has 0 bridgehead atoms. The second-order valence-electron chi connectivity index (χ2n) is 4.94. The van der Waals surface area contributed by atoms with Crippen molar-refractivity contribution < 1.29 is 9.72 Å². The molecule has 1 aliphatic rings. The number of nitrogens with zero attached hydrogens (tertiary/aromatic N) is 3. The van der Waals surface area contributed by atoms with E-state index in [0.717, 1.165) is 19.5 Å². The summed E-state index contributed by atoms with van der Waals surface area (Å²) in [6.45, 7) is 6.69. The largest absolute Gasteiger partial charge is 0.337 e. The van der Waals surface area contributed by atoms with Gasteiger partial charge in [0.2, 0.25) is 0 Å². The number of aryl methyl sites for hydroxylation is 1. The van der Waals surface area contributed by atoms with E-state index in [4.69, 9.17) is 0 Å². The highest BCUT2D eigenvalue weighted by Crippen LogP contribution is 2.20. The number of amides is 1. The van der Waals surface area contributed by atoms with Crippen molar-refractivity contribution in [3.8, 4) is 0 Å². The summed E-state index contributed by atoms with van der Waals surface area (Å²) in [5, 5.41) is 14.0. The van der Waals surface area contributed by atoms with Gasteiger partial charge in [-0.2, -0.15) is 0 Å². The topological polar surface area (TPSA) is 80.4 Å². The molecule has 7 nitrogen and oxygen atoms in total. The first-order valence-corrected chi connectivity index (χ1v) is 6.94. The minimum absolute atomic E-state index is 0.0293. The number of hydrogen-bond donors (Lipinski definition) is 1. The van der Waals surface area contributed by atoms with Crippen molar-refractivity contribution in [1.29, 1.82) is 0 Å². The molecule has 0 aromatic carbocycles. The summed E-state index contributed by atoms with van der Waals surface area (Å²) in [6.07, 6.45) is 2.30. The van der Waals surface area contributed by atoms with E-state index in [2.05, 4.69) is 5.32 Å². The third kappa shape index (κ3) is 2.67. The van der Waals surface area contributed by atoms with Gasteiger partial charge in [-0.05, 0) is 13.3 Å². The molecule has 2 heterocycles. The van der Waals surface area contributed by atoms with Gasteiger partial charge >= 0.3 is 0 Å². The lowest BCUT2D eigenvalue weighted by atomic mass is 10.1. The predicted molar refractivity (Wildman–Crippen MR) is 74.7 cm³/mol. The molecule has 0 aliphatic carbocycles. The molecule has 0 spiro atoms. The Morgan fingerprint density at radius 3 is 2.70 bits per heavy atom. The molecule has 2 rings (SSSR count). The Morgan fingerprint density at radius 1 is 1.55 bits per heavy atom. The Hall–Kier alpha value is -1.89. The van der Waals surface area contributed by atoms with Gasteiger partial charge in [0.15, 0.2) is 0 Å². The molecule has 0 unspecified atom stereocenters. The van der Waals surface area contributed by atoms with E-state index in [1.54, 1.807) is 4.57 Å². The van der Waals surface area contributed by atoms with Gasteiger partial charge < -0.3 is 14.8 Å². The van der Waals surface area contributed by atoms with Crippen LogP contribution in [0.5, 0.6) is 0 Å². The van der Waals surface area contributed by atoms with E-state index < -0.39 is 4.92 Å². The van der Waals surface area contributed by atoms with Gasteiger partial charge in [0.25, 0.3) is 11.6 Å². The van der Waals surface area contributed by atoms with Crippen molar-refractivity contribution in [2.45, 2.75) is 32.9 Å². The maximum atomic E-state index is 12.6. The highest BCUT2D eigenvalue weighted by molar-refractivity contribution is 5.94. The van der Waals surface area contributed by atoms with Crippen LogP contribution in [0.1, 0.15) is 30.8 Å². The average molecular weight is 280 g/mol. The Kier molecular flexibility index (Phi) is 4.39. The molecule has 0 radical (unpaired) electrons. The van der Waals surface area contributed by atoms with Crippen LogP contribution in [0.15, 0.2) is 12.3 Å². The number of hydrogen-bond acceptors (Lipinski definition) is 4. The van der Waals surface area contributed by atoms with Gasteiger partial charge in [-0.1, -0.05) is 6.92 Å². The molecule has 1 aromatic heterocycles. The zero-order valence-electron chi connectivity index (χ0n) is 11.8. The van der Waals surface area contributed by atoms with Crippen LogP contribution in [-0.4, -0.2) is 46.0 Å². The van der Waals surface area contributed by atoms with Crippen LogP contribution in [0.2, 0.25) is 0 Å². The van der Waals surface area contributed by atoms with Crippen molar-refractivity contribution in [1.82, 2.24) is 14.8 Å². The fourth-order valence-corrected chi connectivity index (χ4v) is 2.37. The molecule has 110 valence electrons. The first-order valence-electron chi connectivity index (χ1n) is 6.94. The summed E-state index contributed by atoms with van der Waals surface area (Å²) in [5.74, 6) is -0.117. The lowest BCUT2D eigenvalue weighted by molar-refractivity contribution is -0.384. The molecule has 1 fully saturated rings. The summed E-state index contributed by atoms with van der Waals surface area (Å²) in [5.41, 5.74) is 0.373. The quantitative estimate of drug-likeness (QED) is 0.628. The Morgan fingerprint density at radius 2 is 2.25 bits per heavy atom. The lowest BCUT2D eigenvalue weighted by Gasteiger charge is -2.38. The van der Waals surface area contributed by atoms with E-state index in [9.17, 15) is 14.9 Å². The number of carbonyl (C=O) groups excluding carboxylic acids is 1. The fraction of sp³-hybridized carbons (Fsp3) is 0.615. The van der Waals surface area contributed by atoms with Crippen molar-refractivity contribution in [2.75, 3.05) is 19.6 Å². The van der Waals surface area contributed by atoms with Crippen LogP contribution in [0.4, 0.5) is 5.69 Å². The monoisotopic (exact) mass is 280 g/mol. The van der Waals surface area contributed by atoms with Gasteiger partial charge in [-0.15, -0.1) is 0 Å². The minimum Gasteiger partial charge on any atom is -0.337 e. The molecule has 1 aromatic rings. The van der Waals surface area contributed by atoms with Gasteiger partial charge in [0, 0.05) is 32.2 Å². The molecule has 1 saturated heterocycles. The van der Waals surface area contributed by atoms with Crippen LogP contribution in [0.3, 0.4) is 0 Å². The zero-order valence-corrected chi connectivity index (χ0v) is 11.8. The van der Waals surface area contributed by atoms with Gasteiger partial charge in [-0.3, -0.25) is 14.9 Å². The van der Waals surface area contributed by atoms with Crippen molar-refractivity contribution in [2.24, 2.45) is 0 Å². The average Bonchev–Trinajstić information content (AvgIpc) is 2.79. The van der Waals surface area contributed by atoms with Crippen LogP contribution in [-0.2, 0) is 6.54 Å². The smallest absolute Gasteiger partial charge is 0.287 e. The van der Waals surface area contributed by atoms with Crippen LogP contribution < -0.4 is 5.32 Å². The van der Waals surface area contributed by atoms with Crippen molar-refractivity contribution in [3.63, 3.8) is 0 Å². The summed E-state index contributed by atoms with van der Waals surface area (Å²) >= 11 is 0. The fourth-order valence-electron chi connectivity index (χ4n) is 2.37. The highest BCUT2D eigenvalue weighted by atomic mass is 16.6. The lowest BCUT2D eigenvalue weighted by Crippen LogP contribution is -2.59. The molecular formula is C13H20N4O3. The Bertz CT molecular complexity index is 508. The summed E-state index contributed by atoms with van der Waals surface area (Å²) in [7, 11) is 0. The summed E-state index contributed by atoms with van der Waals surface area (Å²) in [6, 6.07) is 1.57. The first-order chi connectivity index (χ1) is 9.58. The Balaban J connectivity index is 2.27. The van der Waals surface area contributed by atoms with E-state index in [-0.39, 0.29) is 17.6 Å². The van der Waals surface area contributed by atoms with E-state index in [0.29, 0.717) is 18.8 Å².